The number of hydrogen-bond donors (Lipinski definition) is 1. The van der Waals surface area contributed by atoms with Crippen LogP contribution in [0.1, 0.15) is 111 Å². The minimum Gasteiger partial charge on any atom is -0.569 e. The molecule has 8 heteroatoms. The van der Waals surface area contributed by atoms with Gasteiger partial charge in [-0.1, -0.05) is 47.0 Å². The Morgan fingerprint density at radius 2 is 1.97 bits per heavy atom. The minimum absolute atomic E-state index is 0. The van der Waals surface area contributed by atoms with Gasteiger partial charge in [0.1, 0.15) is 17.1 Å². The fourth-order valence-corrected chi connectivity index (χ4v) is 4.73. The number of unbranched alkanes of at least 4 members (excludes halogenated alkanes) is 3. The number of Topliss-reactive ketones (excluding diaryl/α,β-unsaturated/α-hetero) is 1. The first-order chi connectivity index (χ1) is 16.8. The number of hydrogen-bond acceptors (Lipinski definition) is 6. The molecule has 0 amide bonds. The van der Waals surface area contributed by atoms with E-state index in [0.717, 1.165) is 0 Å². The minimum atomic E-state index is -0.784. The summed E-state index contributed by atoms with van der Waals surface area (Å²) in [6, 6.07) is 1.35. The maximum Gasteiger partial charge on any atom is 0.350 e. The second kappa shape index (κ2) is 19.8. The average Bonchev–Trinajstić information content (AvgIpc) is 3.20. The Bertz CT molecular complexity index is 983. The van der Waals surface area contributed by atoms with Gasteiger partial charge in [0.25, 0.3) is 0 Å². The van der Waals surface area contributed by atoms with Crippen LogP contribution >= 0.6 is 11.3 Å². The number of hydroxylamine groups is 1. The van der Waals surface area contributed by atoms with Crippen molar-refractivity contribution in [3.8, 4) is 5.75 Å². The molecule has 2 heterocycles. The standard InChI is InChI=1S/C15H20NO5.C13H22S.Y/c1-4-11(17)14-12(18)9-13(21-15(14)19)10(2)7-5-6-8-16-20-3;1-4-6-7-8-9-12-10-14-13(5-2)11(12)3;/h6,8-10H,4-5,7H2,1-3H3,(H,17,18,19);10H,4-9H2,1-3H3;/q-1;;/b8-6-;;. The molecule has 0 aromatic carbocycles. The Balaban J connectivity index is 0.000000713. The van der Waals surface area contributed by atoms with Crippen LogP contribution in [0.15, 0.2) is 32.9 Å². The number of thiophene rings is 1. The quantitative estimate of drug-likeness (QED) is 0.136. The topological polar surface area (TPSA) is 90.8 Å². The molecule has 2 aromatic heterocycles. The molecule has 0 spiro atoms. The number of carbonyl (C=O) groups excluding carboxylic acids is 1. The molecule has 1 unspecified atom stereocenters. The molecular formula is C28H42NO5SY-. The van der Waals surface area contributed by atoms with Gasteiger partial charge in [-0.3, -0.25) is 4.79 Å². The molecule has 0 saturated heterocycles. The smallest absolute Gasteiger partial charge is 0.350 e. The molecule has 0 aliphatic carbocycles. The molecule has 6 nitrogen and oxygen atoms in total. The zero-order valence-electron chi connectivity index (χ0n) is 22.8. The van der Waals surface area contributed by atoms with Crippen molar-refractivity contribution in [1.29, 1.82) is 0 Å². The molecule has 2 rings (SSSR count). The Kier molecular flexibility index (Phi) is 19.1. The molecule has 0 bridgehead atoms. The van der Waals surface area contributed by atoms with Crippen LogP contribution in [0.5, 0.6) is 5.75 Å². The molecule has 199 valence electrons. The summed E-state index contributed by atoms with van der Waals surface area (Å²) in [4.78, 5) is 29.4. The van der Waals surface area contributed by atoms with Crippen molar-refractivity contribution in [3.05, 3.63) is 67.0 Å². The van der Waals surface area contributed by atoms with E-state index >= 15 is 0 Å². The van der Waals surface area contributed by atoms with Gasteiger partial charge in [-0.2, -0.15) is 6.20 Å². The molecular weight excluding hydrogens is 551 g/mol. The number of rotatable bonds is 14. The van der Waals surface area contributed by atoms with Crippen LogP contribution in [-0.4, -0.2) is 18.0 Å². The fraction of sp³-hybridized carbons (Fsp3) is 0.571. The van der Waals surface area contributed by atoms with Gasteiger partial charge in [0.2, 0.25) is 0 Å². The maximum absolute atomic E-state index is 11.8. The number of aromatic hydroxyl groups is 1. The number of aryl methyl sites for hydroxylation is 2. The average molecular weight is 594 g/mol. The van der Waals surface area contributed by atoms with Gasteiger partial charge in [0, 0.05) is 63.1 Å². The summed E-state index contributed by atoms with van der Waals surface area (Å²) < 4.78 is 5.14. The van der Waals surface area contributed by atoms with Crippen LogP contribution in [0.3, 0.4) is 0 Å². The summed E-state index contributed by atoms with van der Waals surface area (Å²) in [5, 5.41) is 12.2. The molecule has 0 saturated carbocycles. The summed E-state index contributed by atoms with van der Waals surface area (Å²) in [5.74, 6) is -0.446. The summed E-state index contributed by atoms with van der Waals surface area (Å²) in [6.07, 6.45) is 12.9. The molecule has 1 radical (unpaired) electrons. The number of allylic oxidation sites excluding steroid dienone is 1. The van der Waals surface area contributed by atoms with Gasteiger partial charge in [-0.15, -0.1) is 17.4 Å². The molecule has 0 aliphatic rings. The molecule has 0 aliphatic heterocycles. The van der Waals surface area contributed by atoms with Crippen LogP contribution in [0, 0.1) is 6.92 Å². The molecule has 0 fully saturated rings. The van der Waals surface area contributed by atoms with Crippen molar-refractivity contribution >= 4 is 17.1 Å². The van der Waals surface area contributed by atoms with E-state index in [1.807, 2.05) is 24.3 Å². The Labute approximate surface area is 245 Å². The van der Waals surface area contributed by atoms with E-state index < -0.39 is 11.4 Å². The third-order valence-electron chi connectivity index (χ3n) is 5.94. The van der Waals surface area contributed by atoms with E-state index in [4.69, 9.17) is 4.42 Å². The third kappa shape index (κ3) is 11.8. The van der Waals surface area contributed by atoms with Gasteiger partial charge < -0.3 is 19.8 Å². The van der Waals surface area contributed by atoms with E-state index in [1.165, 1.54) is 51.7 Å². The van der Waals surface area contributed by atoms with Crippen LogP contribution in [0.4, 0.5) is 0 Å². The molecule has 36 heavy (non-hydrogen) atoms. The second-order valence-electron chi connectivity index (χ2n) is 8.60. The number of nitrogens with zero attached hydrogens (tertiary/aromatic N) is 1. The Morgan fingerprint density at radius 1 is 1.25 bits per heavy atom. The summed E-state index contributed by atoms with van der Waals surface area (Å²) in [6.45, 7) is 10.3. The Hall–Kier alpha value is -1.28. The summed E-state index contributed by atoms with van der Waals surface area (Å²) in [7, 11) is 1.46. The molecule has 1 N–H and O–H groups in total. The first-order valence-electron chi connectivity index (χ1n) is 12.6. The van der Waals surface area contributed by atoms with Gasteiger partial charge in [0.05, 0.1) is 0 Å². The van der Waals surface area contributed by atoms with Crippen molar-refractivity contribution in [1.82, 2.24) is 0 Å². The maximum atomic E-state index is 11.8. The summed E-state index contributed by atoms with van der Waals surface area (Å²) >= 11 is 1.94. The van der Waals surface area contributed by atoms with Crippen LogP contribution in [0.25, 0.3) is 5.48 Å². The first-order valence-corrected chi connectivity index (χ1v) is 13.5. The van der Waals surface area contributed by atoms with Crippen LogP contribution in [-0.2, 0) is 50.4 Å². The van der Waals surface area contributed by atoms with Crippen molar-refractivity contribution in [2.45, 2.75) is 98.3 Å². The number of ketones is 1. The van der Waals surface area contributed by atoms with E-state index in [1.54, 1.807) is 29.1 Å². The monoisotopic (exact) mass is 593 g/mol. The van der Waals surface area contributed by atoms with Crippen molar-refractivity contribution in [2.75, 3.05) is 7.11 Å². The SMILES string of the molecule is CCC(=O)c1c(O)cc(C(C)CC/C=C\[N-]OC)oc1=O.CCCCCCc1csc(CC)c1C.[Y]. The number of carbonyl (C=O) groups is 1. The van der Waals surface area contributed by atoms with Crippen molar-refractivity contribution in [2.24, 2.45) is 0 Å². The predicted molar refractivity (Wildman–Crippen MR) is 145 cm³/mol. The predicted octanol–water partition coefficient (Wildman–Crippen LogP) is 8.01. The zero-order chi connectivity index (χ0) is 26.2. The molecule has 2 aromatic rings. The van der Waals surface area contributed by atoms with Gasteiger partial charge in [-0.05, 0) is 55.5 Å². The van der Waals surface area contributed by atoms with Gasteiger partial charge >= 0.3 is 5.63 Å². The second-order valence-corrected chi connectivity index (χ2v) is 9.56. The largest absolute Gasteiger partial charge is 0.569 e. The van der Waals surface area contributed by atoms with Gasteiger partial charge in [0.15, 0.2) is 5.78 Å². The third-order valence-corrected chi connectivity index (χ3v) is 7.22. The molecule has 1 atom stereocenters. The first kappa shape index (κ1) is 34.7. The van der Waals surface area contributed by atoms with Crippen LogP contribution < -0.4 is 5.63 Å². The van der Waals surface area contributed by atoms with E-state index in [9.17, 15) is 14.7 Å². The van der Waals surface area contributed by atoms with Crippen LogP contribution in [0.2, 0.25) is 0 Å². The van der Waals surface area contributed by atoms with Gasteiger partial charge in [-0.25, -0.2) is 4.79 Å². The van der Waals surface area contributed by atoms with Crippen molar-refractivity contribution < 1.29 is 51.9 Å². The fourth-order valence-electron chi connectivity index (χ4n) is 3.68. The normalized spacial score (nSPS) is 11.5. The summed E-state index contributed by atoms with van der Waals surface area (Å²) in [5.41, 5.74) is 5.69. The van der Waals surface area contributed by atoms with E-state index in [2.05, 4.69) is 36.5 Å². The zero-order valence-corrected chi connectivity index (χ0v) is 26.4. The van der Waals surface area contributed by atoms with E-state index in [-0.39, 0.29) is 56.4 Å². The van der Waals surface area contributed by atoms with Crippen molar-refractivity contribution in [3.63, 3.8) is 0 Å². The Morgan fingerprint density at radius 3 is 2.53 bits per heavy atom. The van der Waals surface area contributed by atoms with E-state index in [0.29, 0.717) is 18.6 Å².